The van der Waals surface area contributed by atoms with Crippen molar-refractivity contribution in [3.8, 4) is 0 Å². The molecule has 1 fully saturated rings. The van der Waals surface area contributed by atoms with E-state index in [9.17, 15) is 9.59 Å². The first kappa shape index (κ1) is 15.9. The lowest BCUT2D eigenvalue weighted by atomic mass is 9.87. The molecule has 0 bridgehead atoms. The van der Waals surface area contributed by atoms with Crippen molar-refractivity contribution >= 4 is 23.7 Å². The Hall–Kier alpha value is -1.49. The first-order chi connectivity index (χ1) is 9.79. The predicted molar refractivity (Wildman–Crippen MR) is 85.6 cm³/mol. The number of hydrogen-bond donors (Lipinski definition) is 1. The Balaban J connectivity index is 2.01. The van der Waals surface area contributed by atoms with Gasteiger partial charge in [0.25, 0.3) is 0 Å². The van der Waals surface area contributed by atoms with Crippen LogP contribution in [0.15, 0.2) is 29.2 Å². The third-order valence-electron chi connectivity index (χ3n) is 3.50. The monoisotopic (exact) mass is 306 g/mol. The fraction of sp³-hybridized carbons (Fsp3) is 0.500. The molecule has 0 saturated carbocycles. The zero-order chi connectivity index (χ0) is 15.6. The summed E-state index contributed by atoms with van der Waals surface area (Å²) in [6.07, 6.45) is 0. The summed E-state index contributed by atoms with van der Waals surface area (Å²) in [5.74, 6) is -0.130. The number of rotatable bonds is 3. The standard InChI is InChI=1S/C16H22N2O2S/c1-11(14(19)18-10-9-17-15(18)20)21-13-7-5-12(6-8-13)16(2,3)4/h5-8,11H,9-10H2,1-4H3,(H,17,20)/t11-/m1/s1. The van der Waals surface area contributed by atoms with Crippen LogP contribution in [-0.2, 0) is 10.2 Å². The maximum atomic E-state index is 12.2. The molecule has 0 spiro atoms. The quantitative estimate of drug-likeness (QED) is 0.873. The molecule has 114 valence electrons. The van der Waals surface area contributed by atoms with Gasteiger partial charge in [-0.05, 0) is 30.0 Å². The Labute approximate surface area is 130 Å². The summed E-state index contributed by atoms with van der Waals surface area (Å²) >= 11 is 1.49. The number of hydrogen-bond acceptors (Lipinski definition) is 3. The first-order valence-corrected chi connectivity index (χ1v) is 8.03. The molecule has 1 atom stereocenters. The lowest BCUT2D eigenvalue weighted by Gasteiger charge is -2.20. The Bertz CT molecular complexity index is 534. The van der Waals surface area contributed by atoms with Crippen molar-refractivity contribution in [1.29, 1.82) is 0 Å². The Morgan fingerprint density at radius 3 is 2.38 bits per heavy atom. The summed E-state index contributed by atoms with van der Waals surface area (Å²) in [5.41, 5.74) is 1.39. The van der Waals surface area contributed by atoms with Crippen LogP contribution in [0.3, 0.4) is 0 Å². The minimum atomic E-state index is -0.282. The molecule has 21 heavy (non-hydrogen) atoms. The molecule has 0 aromatic heterocycles. The molecule has 1 saturated heterocycles. The summed E-state index contributed by atoms with van der Waals surface area (Å²) in [6, 6.07) is 8.00. The normalized spacial score (nSPS) is 16.8. The lowest BCUT2D eigenvalue weighted by Crippen LogP contribution is -2.38. The van der Waals surface area contributed by atoms with Crippen LogP contribution in [0.5, 0.6) is 0 Å². The number of urea groups is 1. The van der Waals surface area contributed by atoms with Crippen LogP contribution < -0.4 is 5.32 Å². The van der Waals surface area contributed by atoms with Gasteiger partial charge >= 0.3 is 6.03 Å². The summed E-state index contributed by atoms with van der Waals surface area (Å²) in [7, 11) is 0. The summed E-state index contributed by atoms with van der Waals surface area (Å²) in [4.78, 5) is 26.1. The van der Waals surface area contributed by atoms with Gasteiger partial charge in [0.2, 0.25) is 5.91 Å². The van der Waals surface area contributed by atoms with E-state index >= 15 is 0 Å². The molecule has 1 aliphatic rings. The minimum Gasteiger partial charge on any atom is -0.336 e. The number of carbonyl (C=O) groups is 2. The largest absolute Gasteiger partial charge is 0.336 e. The molecule has 0 unspecified atom stereocenters. The molecule has 2 rings (SSSR count). The van der Waals surface area contributed by atoms with E-state index in [2.05, 4.69) is 38.2 Å². The van der Waals surface area contributed by atoms with E-state index in [1.54, 1.807) is 0 Å². The van der Waals surface area contributed by atoms with Crippen LogP contribution in [0, 0.1) is 0 Å². The van der Waals surface area contributed by atoms with Gasteiger partial charge in [-0.2, -0.15) is 0 Å². The fourth-order valence-corrected chi connectivity index (χ4v) is 3.12. The third kappa shape index (κ3) is 3.79. The number of nitrogens with one attached hydrogen (secondary N) is 1. The number of thioether (sulfide) groups is 1. The molecule has 1 aromatic rings. The van der Waals surface area contributed by atoms with Gasteiger partial charge in [-0.15, -0.1) is 11.8 Å². The first-order valence-electron chi connectivity index (χ1n) is 7.15. The van der Waals surface area contributed by atoms with Crippen LogP contribution in [0.2, 0.25) is 0 Å². The van der Waals surface area contributed by atoms with Crippen molar-refractivity contribution in [3.63, 3.8) is 0 Å². The Morgan fingerprint density at radius 2 is 1.90 bits per heavy atom. The van der Waals surface area contributed by atoms with E-state index in [0.717, 1.165) is 4.90 Å². The van der Waals surface area contributed by atoms with Crippen molar-refractivity contribution in [2.75, 3.05) is 13.1 Å². The highest BCUT2D eigenvalue weighted by Gasteiger charge is 2.30. The van der Waals surface area contributed by atoms with E-state index in [0.29, 0.717) is 13.1 Å². The van der Waals surface area contributed by atoms with Gasteiger partial charge in [0, 0.05) is 18.0 Å². The molecule has 4 nitrogen and oxygen atoms in total. The molecule has 1 heterocycles. The van der Waals surface area contributed by atoms with Crippen molar-refractivity contribution in [2.45, 2.75) is 43.3 Å². The van der Waals surface area contributed by atoms with E-state index in [1.807, 2.05) is 19.1 Å². The van der Waals surface area contributed by atoms with Crippen LogP contribution in [0.1, 0.15) is 33.3 Å². The Kier molecular flexibility index (Phi) is 4.61. The van der Waals surface area contributed by atoms with E-state index < -0.39 is 0 Å². The van der Waals surface area contributed by atoms with Crippen LogP contribution in [0.25, 0.3) is 0 Å². The highest BCUT2D eigenvalue weighted by atomic mass is 32.2. The molecule has 1 aliphatic heterocycles. The Morgan fingerprint density at radius 1 is 1.29 bits per heavy atom. The molecule has 0 radical (unpaired) electrons. The second kappa shape index (κ2) is 6.10. The van der Waals surface area contributed by atoms with Gasteiger partial charge in [-0.3, -0.25) is 9.69 Å². The zero-order valence-electron chi connectivity index (χ0n) is 13.0. The molecular weight excluding hydrogens is 284 g/mol. The van der Waals surface area contributed by atoms with Gasteiger partial charge in [0.05, 0.1) is 5.25 Å². The van der Waals surface area contributed by atoms with Crippen LogP contribution in [-0.4, -0.2) is 35.2 Å². The van der Waals surface area contributed by atoms with Crippen LogP contribution >= 0.6 is 11.8 Å². The predicted octanol–water partition coefficient (Wildman–Crippen LogP) is 3.02. The summed E-state index contributed by atoms with van der Waals surface area (Å²) in [6.45, 7) is 9.37. The van der Waals surface area contributed by atoms with Crippen molar-refractivity contribution in [3.05, 3.63) is 29.8 Å². The van der Waals surface area contributed by atoms with Crippen molar-refractivity contribution < 1.29 is 9.59 Å². The summed E-state index contributed by atoms with van der Waals surface area (Å²) < 4.78 is 0. The smallest absolute Gasteiger partial charge is 0.324 e. The molecule has 1 aromatic carbocycles. The highest BCUT2D eigenvalue weighted by molar-refractivity contribution is 8.00. The summed E-state index contributed by atoms with van der Waals surface area (Å²) in [5, 5.41) is 2.38. The highest BCUT2D eigenvalue weighted by Crippen LogP contribution is 2.28. The fourth-order valence-electron chi connectivity index (χ4n) is 2.19. The minimum absolute atomic E-state index is 0.123. The number of benzene rings is 1. The molecule has 5 heteroatoms. The molecule has 1 N–H and O–H groups in total. The van der Waals surface area contributed by atoms with Gasteiger partial charge in [0.15, 0.2) is 0 Å². The van der Waals surface area contributed by atoms with Crippen molar-refractivity contribution in [2.24, 2.45) is 0 Å². The van der Waals surface area contributed by atoms with Crippen molar-refractivity contribution in [1.82, 2.24) is 10.2 Å². The van der Waals surface area contributed by atoms with Crippen LogP contribution in [0.4, 0.5) is 4.79 Å². The average molecular weight is 306 g/mol. The topological polar surface area (TPSA) is 49.4 Å². The van der Waals surface area contributed by atoms with Gasteiger partial charge < -0.3 is 5.32 Å². The van der Waals surface area contributed by atoms with E-state index in [1.165, 1.54) is 22.2 Å². The number of imide groups is 1. The molecule has 3 amide bonds. The number of nitrogens with zero attached hydrogens (tertiary/aromatic N) is 1. The van der Waals surface area contributed by atoms with E-state index in [4.69, 9.17) is 0 Å². The zero-order valence-corrected chi connectivity index (χ0v) is 13.8. The second-order valence-electron chi connectivity index (χ2n) is 6.26. The second-order valence-corrected chi connectivity index (χ2v) is 7.67. The average Bonchev–Trinajstić information content (AvgIpc) is 2.83. The molecular formula is C16H22N2O2S. The number of carbonyl (C=O) groups excluding carboxylic acids is 2. The van der Waals surface area contributed by atoms with Gasteiger partial charge in [0.1, 0.15) is 0 Å². The van der Waals surface area contributed by atoms with Gasteiger partial charge in [-0.25, -0.2) is 4.79 Å². The maximum absolute atomic E-state index is 12.2. The van der Waals surface area contributed by atoms with E-state index in [-0.39, 0.29) is 22.6 Å². The molecule has 0 aliphatic carbocycles. The van der Waals surface area contributed by atoms with Gasteiger partial charge in [-0.1, -0.05) is 32.9 Å². The maximum Gasteiger partial charge on any atom is 0.324 e. The lowest BCUT2D eigenvalue weighted by molar-refractivity contribution is -0.126. The number of amides is 3. The SMILES string of the molecule is C[C@@H](Sc1ccc(C(C)(C)C)cc1)C(=O)N1CCNC1=O. The third-order valence-corrected chi connectivity index (χ3v) is 4.60.